The number of hydrogen-bond donors (Lipinski definition) is 0. The van der Waals surface area contributed by atoms with Crippen LogP contribution >= 0.6 is 34.0 Å². The van der Waals surface area contributed by atoms with Gasteiger partial charge in [0.15, 0.2) is 0 Å². The van der Waals surface area contributed by atoms with Crippen molar-refractivity contribution in [2.24, 2.45) is 0 Å². The largest absolute Gasteiger partial charge is 0.344 e. The predicted octanol–water partition coefficient (Wildman–Crippen LogP) is 23.7. The summed E-state index contributed by atoms with van der Waals surface area (Å²) in [4.78, 5) is 9.70. The van der Waals surface area contributed by atoms with E-state index < -0.39 is 0 Å². The maximum atomic E-state index is 2.48. The lowest BCUT2D eigenvalue weighted by molar-refractivity contribution is 1.18. The monoisotopic (exact) mass is 1130 g/mol. The Bertz CT molecular complexity index is 4900. The average Bonchev–Trinajstić information content (AvgIpc) is 4.33. The highest BCUT2D eigenvalue weighted by Gasteiger charge is 2.23. The van der Waals surface area contributed by atoms with E-state index in [2.05, 4.69) is 295 Å². The van der Waals surface area contributed by atoms with E-state index in [-0.39, 0.29) is 0 Å². The molecule has 3 heterocycles. The van der Waals surface area contributed by atoms with Crippen molar-refractivity contribution in [1.82, 2.24) is 0 Å². The Morgan fingerprint density at radius 3 is 0.735 bits per heavy atom. The number of aryl methyl sites for hydroxylation is 9. The van der Waals surface area contributed by atoms with E-state index in [0.29, 0.717) is 0 Å². The molecule has 0 saturated carbocycles. The molecule has 0 bridgehead atoms. The fourth-order valence-corrected chi connectivity index (χ4v) is 15.8. The molecule has 11 aromatic carbocycles. The van der Waals surface area contributed by atoms with E-state index in [4.69, 9.17) is 0 Å². The summed E-state index contributed by atoms with van der Waals surface area (Å²) in [5.74, 6) is 0. The van der Waals surface area contributed by atoms with Crippen LogP contribution in [0.3, 0.4) is 0 Å². The molecule has 406 valence electrons. The number of nitrogens with zero attached hydrogens (tertiary/aromatic N) is 4. The average molecular weight is 1130 g/mol. The fraction of sp³-hybridized carbons (Fsp3) is 0.132. The van der Waals surface area contributed by atoms with E-state index >= 15 is 0 Å². The Kier molecular flexibility index (Phi) is 13.0. The van der Waals surface area contributed by atoms with Gasteiger partial charge in [-0.2, -0.15) is 0 Å². The lowest BCUT2D eigenvalue weighted by Crippen LogP contribution is -2.12. The van der Waals surface area contributed by atoms with Gasteiger partial charge >= 0.3 is 0 Å². The third-order valence-electron chi connectivity index (χ3n) is 16.8. The van der Waals surface area contributed by atoms with Crippen molar-refractivity contribution in [2.75, 3.05) is 26.6 Å². The summed E-state index contributed by atoms with van der Waals surface area (Å²) < 4.78 is 7.64. The Labute approximate surface area is 499 Å². The molecule has 0 aliphatic carbocycles. The van der Waals surface area contributed by atoms with Crippen molar-refractivity contribution in [1.29, 1.82) is 0 Å². The Balaban J connectivity index is 0.899. The van der Waals surface area contributed by atoms with Crippen molar-refractivity contribution in [3.63, 3.8) is 0 Å². The number of fused-ring (bicyclic) bond motifs is 9. The molecule has 0 saturated heterocycles. The van der Waals surface area contributed by atoms with Gasteiger partial charge in [-0.1, -0.05) is 88.5 Å². The number of hydrogen-bond acceptors (Lipinski definition) is 7. The molecule has 0 amide bonds. The lowest BCUT2D eigenvalue weighted by Gasteiger charge is -2.28. The number of anilines is 11. The molecular formula is C76H64N4S3. The highest BCUT2D eigenvalue weighted by atomic mass is 32.1. The van der Waals surface area contributed by atoms with Gasteiger partial charge in [0.1, 0.15) is 0 Å². The molecular weight excluding hydrogens is 1070 g/mol. The zero-order chi connectivity index (χ0) is 56.9. The van der Waals surface area contributed by atoms with Crippen LogP contribution in [0.2, 0.25) is 0 Å². The highest BCUT2D eigenvalue weighted by molar-refractivity contribution is 7.26. The summed E-state index contributed by atoms with van der Waals surface area (Å²) in [7, 11) is 2.18. The molecule has 0 aliphatic heterocycles. The third kappa shape index (κ3) is 9.38. The molecule has 14 aromatic rings. The van der Waals surface area contributed by atoms with Crippen LogP contribution in [0, 0.1) is 62.3 Å². The molecule has 3 aromatic heterocycles. The summed E-state index contributed by atoms with van der Waals surface area (Å²) in [6.07, 6.45) is 0. The topological polar surface area (TPSA) is 13.0 Å². The molecule has 0 unspecified atom stereocenters. The van der Waals surface area contributed by atoms with Crippen molar-refractivity contribution < 1.29 is 0 Å². The number of benzene rings is 11. The second kappa shape index (κ2) is 20.6. The number of rotatable bonds is 11. The predicted molar refractivity (Wildman–Crippen MR) is 366 cm³/mol. The highest BCUT2D eigenvalue weighted by Crippen LogP contribution is 2.49. The first-order chi connectivity index (χ1) is 40.2. The summed E-state index contributed by atoms with van der Waals surface area (Å²) in [5.41, 5.74) is 24.0. The van der Waals surface area contributed by atoms with Gasteiger partial charge in [-0.25, -0.2) is 0 Å². The Morgan fingerprint density at radius 2 is 0.446 bits per heavy atom. The van der Waals surface area contributed by atoms with Crippen LogP contribution in [0.1, 0.15) is 50.1 Å². The van der Waals surface area contributed by atoms with Gasteiger partial charge in [0.25, 0.3) is 0 Å². The van der Waals surface area contributed by atoms with E-state index in [1.807, 2.05) is 34.0 Å². The maximum absolute atomic E-state index is 2.48. The van der Waals surface area contributed by atoms with Gasteiger partial charge in [0, 0.05) is 130 Å². The normalized spacial score (nSPS) is 11.7. The summed E-state index contributed by atoms with van der Waals surface area (Å²) in [5, 5.41) is 7.53. The van der Waals surface area contributed by atoms with Crippen molar-refractivity contribution in [2.45, 2.75) is 62.3 Å². The van der Waals surface area contributed by atoms with Crippen LogP contribution in [0.25, 0.3) is 60.5 Å². The van der Waals surface area contributed by atoms with E-state index in [1.54, 1.807) is 0 Å². The van der Waals surface area contributed by atoms with Gasteiger partial charge in [0.05, 0.1) is 0 Å². The van der Waals surface area contributed by atoms with Crippen LogP contribution in [-0.2, 0) is 0 Å². The molecule has 0 fully saturated rings. The van der Waals surface area contributed by atoms with Crippen LogP contribution < -0.4 is 19.6 Å². The molecule has 0 N–H and O–H groups in total. The molecule has 0 atom stereocenters. The summed E-state index contributed by atoms with van der Waals surface area (Å²) in [6, 6.07) is 78.4. The quantitative estimate of drug-likeness (QED) is 0.128. The minimum atomic E-state index is 1.12. The molecule has 7 heteroatoms. The van der Waals surface area contributed by atoms with Gasteiger partial charge in [-0.3, -0.25) is 0 Å². The SMILES string of the molecule is Cc1ccc(N(c2ccc3sc4ccc(N(c5ccc6sc7ccc(N(c8ccc9sc%10ccc(N(C)c%11ccc(C)cc%11C)cc%10c9c8)c8ccc(C)cc8C)cc7c6c5)c5ccc(C)cc5C)cc4c3c2)c2ccc(C)cc2C)cc1. The van der Waals surface area contributed by atoms with Crippen LogP contribution in [-0.4, -0.2) is 7.05 Å². The first-order valence-corrected chi connectivity index (χ1v) is 31.0. The van der Waals surface area contributed by atoms with Gasteiger partial charge < -0.3 is 19.6 Å². The van der Waals surface area contributed by atoms with Crippen LogP contribution in [0.15, 0.2) is 206 Å². The van der Waals surface area contributed by atoms with Crippen molar-refractivity contribution in [3.8, 4) is 0 Å². The standard InChI is InChI=1S/C76H64N4S3/c1-45-11-17-54(18-12-45)78(68-26-14-47(3)36-51(68)7)56-20-30-73-63(40-56)64-42-58(22-32-74(64)82-73)80(70-28-16-49(5)38-53(70)9)60-24-34-76-66(44-60)65-43-59(23-33-75(65)83-76)79(69-27-15-48(4)37-52(69)8)57-21-31-72-62(41-57)61-39-55(19-29-71(61)81-72)77(10)67-25-13-46(2)35-50(67)6/h11-44H,1-10H3. The zero-order valence-electron chi connectivity index (χ0n) is 48.6. The molecule has 14 rings (SSSR count). The lowest BCUT2D eigenvalue weighted by atomic mass is 10.0. The van der Waals surface area contributed by atoms with Gasteiger partial charge in [0.2, 0.25) is 0 Å². The second-order valence-corrected chi connectivity index (χ2v) is 26.2. The van der Waals surface area contributed by atoms with Crippen LogP contribution in [0.5, 0.6) is 0 Å². The molecule has 4 nitrogen and oxygen atoms in total. The minimum absolute atomic E-state index is 1.12. The minimum Gasteiger partial charge on any atom is -0.344 e. The smallest absolute Gasteiger partial charge is 0.0490 e. The van der Waals surface area contributed by atoms with Gasteiger partial charge in [-0.05, 0) is 230 Å². The molecule has 0 radical (unpaired) electrons. The second-order valence-electron chi connectivity index (χ2n) is 22.9. The zero-order valence-corrected chi connectivity index (χ0v) is 51.1. The third-order valence-corrected chi connectivity index (χ3v) is 20.2. The Hall–Kier alpha value is -8.72. The maximum Gasteiger partial charge on any atom is 0.0490 e. The first-order valence-electron chi connectivity index (χ1n) is 28.6. The summed E-state index contributed by atoms with van der Waals surface area (Å²) >= 11 is 5.60. The van der Waals surface area contributed by atoms with Crippen molar-refractivity contribution >= 4 is 157 Å². The van der Waals surface area contributed by atoms with E-state index in [1.165, 1.54) is 133 Å². The number of thiophene rings is 3. The molecule has 0 aliphatic rings. The summed E-state index contributed by atoms with van der Waals surface area (Å²) in [6.45, 7) is 19.8. The van der Waals surface area contributed by atoms with Crippen LogP contribution in [0.4, 0.5) is 62.6 Å². The van der Waals surface area contributed by atoms with E-state index in [0.717, 1.165) is 39.8 Å². The van der Waals surface area contributed by atoms with Crippen molar-refractivity contribution in [3.05, 3.63) is 256 Å². The molecule has 0 spiro atoms. The first kappa shape index (κ1) is 52.4. The Morgan fingerprint density at radius 1 is 0.217 bits per heavy atom. The van der Waals surface area contributed by atoms with E-state index in [9.17, 15) is 0 Å². The van der Waals surface area contributed by atoms with Gasteiger partial charge in [-0.15, -0.1) is 34.0 Å². The fourth-order valence-electron chi connectivity index (χ4n) is 12.6. The molecule has 83 heavy (non-hydrogen) atoms.